The predicted octanol–water partition coefficient (Wildman–Crippen LogP) is 2.86. The number of alkyl halides is 3. The van der Waals surface area contributed by atoms with Crippen LogP contribution in [0.4, 0.5) is 13.2 Å². The Morgan fingerprint density at radius 2 is 1.95 bits per heavy atom. The van der Waals surface area contributed by atoms with Gasteiger partial charge in [0.25, 0.3) is 0 Å². The number of rotatable bonds is 4. The molecule has 4 nitrogen and oxygen atoms in total. The van der Waals surface area contributed by atoms with Gasteiger partial charge in [0.05, 0.1) is 6.20 Å². The molecule has 0 amide bonds. The highest BCUT2D eigenvalue weighted by atomic mass is 32.1. The molecule has 0 bridgehead atoms. The van der Waals surface area contributed by atoms with Crippen molar-refractivity contribution in [3.8, 4) is 5.75 Å². The van der Waals surface area contributed by atoms with Crippen LogP contribution in [0.2, 0.25) is 0 Å². The van der Waals surface area contributed by atoms with Crippen LogP contribution in [0.5, 0.6) is 5.75 Å². The second kappa shape index (κ2) is 5.35. The van der Waals surface area contributed by atoms with Crippen molar-refractivity contribution < 1.29 is 22.7 Å². The summed E-state index contributed by atoms with van der Waals surface area (Å²) in [5.74, 6) is -0.498. The van der Waals surface area contributed by atoms with Crippen molar-refractivity contribution >= 4 is 17.3 Å². The molecule has 0 saturated heterocycles. The van der Waals surface area contributed by atoms with Gasteiger partial charge in [-0.15, -0.1) is 18.3 Å². The van der Waals surface area contributed by atoms with Crippen LogP contribution in [0.1, 0.15) is 15.2 Å². The van der Waals surface area contributed by atoms with E-state index in [1.54, 1.807) is 0 Å². The van der Waals surface area contributed by atoms with E-state index in [1.807, 2.05) is 0 Å². The fourth-order valence-corrected chi connectivity index (χ4v) is 1.82. The van der Waals surface area contributed by atoms with E-state index in [0.717, 1.165) is 11.5 Å². The molecule has 100 valence electrons. The van der Waals surface area contributed by atoms with Gasteiger partial charge < -0.3 is 4.74 Å². The summed E-state index contributed by atoms with van der Waals surface area (Å²) in [4.78, 5) is 12.1. The fourth-order valence-electron chi connectivity index (χ4n) is 1.37. The average molecular weight is 288 g/mol. The number of carbonyl (C=O) groups excluding carboxylic acids is 1. The molecule has 0 saturated carbocycles. The maximum Gasteiger partial charge on any atom is 0.573 e. The van der Waals surface area contributed by atoms with Crippen molar-refractivity contribution in [3.63, 3.8) is 0 Å². The number of hydrogen-bond acceptors (Lipinski definition) is 5. The third-order valence-corrected chi connectivity index (χ3v) is 2.86. The maximum atomic E-state index is 11.9. The van der Waals surface area contributed by atoms with Crippen LogP contribution in [0, 0.1) is 0 Å². The molecule has 19 heavy (non-hydrogen) atoms. The number of benzene rings is 1. The molecule has 0 aliphatic carbocycles. The Bertz CT molecular complexity index is 552. The van der Waals surface area contributed by atoms with Gasteiger partial charge in [0.15, 0.2) is 5.78 Å². The summed E-state index contributed by atoms with van der Waals surface area (Å²) in [6.45, 7) is 0. The van der Waals surface area contributed by atoms with E-state index in [2.05, 4.69) is 14.3 Å². The first-order valence-corrected chi connectivity index (χ1v) is 5.86. The molecule has 0 unspecified atom stereocenters. The SMILES string of the molecule is O=C(Cc1ccc(OC(F)(F)F)cc1)c1cnns1. The van der Waals surface area contributed by atoms with Gasteiger partial charge in [-0.25, -0.2) is 0 Å². The summed E-state index contributed by atoms with van der Waals surface area (Å²) in [6, 6.07) is 5.16. The molecular formula is C11H7F3N2O2S. The zero-order valence-electron chi connectivity index (χ0n) is 9.35. The van der Waals surface area contributed by atoms with Crippen LogP contribution < -0.4 is 4.74 Å². The van der Waals surface area contributed by atoms with Gasteiger partial charge in [-0.2, -0.15) is 0 Å². The highest BCUT2D eigenvalue weighted by Crippen LogP contribution is 2.23. The lowest BCUT2D eigenvalue weighted by Gasteiger charge is -2.08. The Hall–Kier alpha value is -1.96. The Balaban J connectivity index is 2.01. The quantitative estimate of drug-likeness (QED) is 0.812. The smallest absolute Gasteiger partial charge is 0.406 e. The van der Waals surface area contributed by atoms with Gasteiger partial charge in [-0.1, -0.05) is 16.6 Å². The summed E-state index contributed by atoms with van der Waals surface area (Å²) >= 11 is 0.977. The molecule has 1 aromatic carbocycles. The monoisotopic (exact) mass is 288 g/mol. The third kappa shape index (κ3) is 4.02. The Labute approximate surface area is 110 Å². The highest BCUT2D eigenvalue weighted by molar-refractivity contribution is 7.07. The fraction of sp³-hybridized carbons (Fsp3) is 0.182. The molecule has 2 rings (SSSR count). The largest absolute Gasteiger partial charge is 0.573 e. The topological polar surface area (TPSA) is 52.1 Å². The lowest BCUT2D eigenvalue weighted by molar-refractivity contribution is -0.274. The van der Waals surface area contributed by atoms with Gasteiger partial charge in [-0.05, 0) is 29.2 Å². The second-order valence-corrected chi connectivity index (χ2v) is 4.36. The van der Waals surface area contributed by atoms with Crippen molar-refractivity contribution in [2.24, 2.45) is 0 Å². The van der Waals surface area contributed by atoms with Gasteiger partial charge in [0, 0.05) is 6.42 Å². The van der Waals surface area contributed by atoms with Gasteiger partial charge >= 0.3 is 6.36 Å². The van der Waals surface area contributed by atoms with Crippen LogP contribution in [0.3, 0.4) is 0 Å². The molecule has 0 radical (unpaired) electrons. The number of carbonyl (C=O) groups is 1. The Kier molecular flexibility index (Phi) is 3.79. The summed E-state index contributed by atoms with van der Waals surface area (Å²) in [5, 5.41) is 3.54. The lowest BCUT2D eigenvalue weighted by Crippen LogP contribution is -2.17. The minimum Gasteiger partial charge on any atom is -0.406 e. The number of halogens is 3. The predicted molar refractivity (Wildman–Crippen MR) is 61.1 cm³/mol. The normalized spacial score (nSPS) is 11.3. The zero-order valence-corrected chi connectivity index (χ0v) is 10.2. The lowest BCUT2D eigenvalue weighted by atomic mass is 10.1. The van der Waals surface area contributed by atoms with Crippen LogP contribution in [0.25, 0.3) is 0 Å². The molecule has 1 heterocycles. The third-order valence-electron chi connectivity index (χ3n) is 2.16. The molecule has 0 N–H and O–H groups in total. The number of ether oxygens (including phenoxy) is 1. The van der Waals surface area contributed by atoms with Crippen molar-refractivity contribution in [1.82, 2.24) is 9.59 Å². The number of ketones is 1. The Morgan fingerprint density at radius 1 is 1.26 bits per heavy atom. The summed E-state index contributed by atoms with van der Waals surface area (Å²) in [7, 11) is 0. The van der Waals surface area contributed by atoms with Crippen LogP contribution in [-0.2, 0) is 6.42 Å². The van der Waals surface area contributed by atoms with E-state index in [9.17, 15) is 18.0 Å². The molecule has 8 heteroatoms. The summed E-state index contributed by atoms with van der Waals surface area (Å²) < 4.78 is 43.1. The second-order valence-electron chi connectivity index (χ2n) is 3.57. The minimum absolute atomic E-state index is 0.0795. The zero-order chi connectivity index (χ0) is 13.9. The molecule has 2 aromatic rings. The maximum absolute atomic E-state index is 11.9. The van der Waals surface area contributed by atoms with E-state index >= 15 is 0 Å². The van der Waals surface area contributed by atoms with Crippen LogP contribution in [0.15, 0.2) is 30.5 Å². The molecule has 0 aliphatic rings. The molecular weight excluding hydrogens is 281 g/mol. The summed E-state index contributed by atoms with van der Waals surface area (Å²) in [6.07, 6.45) is -3.28. The van der Waals surface area contributed by atoms with Crippen LogP contribution >= 0.6 is 11.5 Å². The number of Topliss-reactive ketones (excluding diaryl/α,β-unsaturated/α-hetero) is 1. The standard InChI is InChI=1S/C11H7F3N2O2S/c12-11(13,14)18-8-3-1-7(2-4-8)5-9(17)10-6-15-16-19-10/h1-4,6H,5H2. The van der Waals surface area contributed by atoms with Crippen molar-refractivity contribution in [1.29, 1.82) is 0 Å². The molecule has 0 fully saturated rings. The van der Waals surface area contributed by atoms with E-state index in [1.165, 1.54) is 30.5 Å². The first kappa shape index (κ1) is 13.5. The minimum atomic E-state index is -4.72. The number of hydrogen-bond donors (Lipinski definition) is 0. The van der Waals surface area contributed by atoms with Gasteiger partial charge in [0.1, 0.15) is 10.6 Å². The first-order valence-electron chi connectivity index (χ1n) is 5.09. The van der Waals surface area contributed by atoms with Crippen molar-refractivity contribution in [3.05, 3.63) is 40.9 Å². The van der Waals surface area contributed by atoms with E-state index in [-0.39, 0.29) is 18.0 Å². The molecule has 0 atom stereocenters. The highest BCUT2D eigenvalue weighted by Gasteiger charge is 2.30. The number of aromatic nitrogens is 2. The Morgan fingerprint density at radius 3 is 2.47 bits per heavy atom. The first-order chi connectivity index (χ1) is 8.94. The van der Waals surface area contributed by atoms with E-state index < -0.39 is 6.36 Å². The van der Waals surface area contributed by atoms with E-state index in [0.29, 0.717) is 10.4 Å². The van der Waals surface area contributed by atoms with Crippen molar-refractivity contribution in [2.75, 3.05) is 0 Å². The van der Waals surface area contributed by atoms with Gasteiger partial charge in [-0.3, -0.25) is 4.79 Å². The average Bonchev–Trinajstić information content (AvgIpc) is 2.83. The molecule has 0 spiro atoms. The van der Waals surface area contributed by atoms with E-state index in [4.69, 9.17) is 0 Å². The number of nitrogens with zero attached hydrogens (tertiary/aromatic N) is 2. The van der Waals surface area contributed by atoms with Crippen molar-refractivity contribution in [2.45, 2.75) is 12.8 Å². The molecule has 0 aliphatic heterocycles. The molecule has 1 aromatic heterocycles. The van der Waals surface area contributed by atoms with Gasteiger partial charge in [0.2, 0.25) is 0 Å². The summed E-state index contributed by atoms with van der Waals surface area (Å²) in [5.41, 5.74) is 0.591. The van der Waals surface area contributed by atoms with Crippen LogP contribution in [-0.4, -0.2) is 21.7 Å².